The van der Waals surface area contributed by atoms with Crippen LogP contribution in [0.25, 0.3) is 0 Å². The minimum Gasteiger partial charge on any atom is -0.466 e. The molecular formula is C14H16BrNO3. The fourth-order valence-electron chi connectivity index (χ4n) is 2.41. The lowest BCUT2D eigenvalue weighted by molar-refractivity contribution is -0.141. The van der Waals surface area contributed by atoms with Crippen molar-refractivity contribution in [1.82, 2.24) is 0 Å². The average Bonchev–Trinajstić information content (AvgIpc) is 2.67. The zero-order valence-corrected chi connectivity index (χ0v) is 12.6. The molecule has 0 fully saturated rings. The normalized spacial score (nSPS) is 17.2. The molecule has 0 aromatic heterocycles. The predicted molar refractivity (Wildman–Crippen MR) is 76.2 cm³/mol. The van der Waals surface area contributed by atoms with Gasteiger partial charge in [0.1, 0.15) is 0 Å². The Morgan fingerprint density at radius 1 is 1.42 bits per heavy atom. The zero-order valence-electron chi connectivity index (χ0n) is 11.0. The van der Waals surface area contributed by atoms with Crippen molar-refractivity contribution in [3.63, 3.8) is 0 Å². The molecule has 1 aromatic rings. The molecular weight excluding hydrogens is 310 g/mol. The van der Waals surface area contributed by atoms with E-state index in [0.29, 0.717) is 13.2 Å². The number of anilines is 1. The van der Waals surface area contributed by atoms with Gasteiger partial charge in [0, 0.05) is 36.5 Å². The van der Waals surface area contributed by atoms with E-state index < -0.39 is 0 Å². The molecule has 1 amide bonds. The van der Waals surface area contributed by atoms with Gasteiger partial charge in [-0.1, -0.05) is 15.9 Å². The molecule has 1 aliphatic heterocycles. The highest BCUT2D eigenvalue weighted by atomic mass is 79.9. The standard InChI is InChI=1S/C14H16BrNO3/c1-9(17)16-8-11(5-6-19-10(2)18)13-7-12(15)3-4-14(13)16/h3-4,7,11H,5-6,8H2,1-2H3. The number of benzene rings is 1. The maximum absolute atomic E-state index is 11.7. The van der Waals surface area contributed by atoms with Crippen LogP contribution in [-0.4, -0.2) is 25.0 Å². The lowest BCUT2D eigenvalue weighted by Gasteiger charge is -2.15. The van der Waals surface area contributed by atoms with E-state index in [4.69, 9.17) is 4.74 Å². The molecule has 1 aliphatic rings. The Bertz CT molecular complexity index is 515. The first kappa shape index (κ1) is 14.1. The number of ether oxygens (including phenoxy) is 1. The summed E-state index contributed by atoms with van der Waals surface area (Å²) in [7, 11) is 0. The van der Waals surface area contributed by atoms with E-state index in [1.54, 1.807) is 11.8 Å². The molecule has 1 heterocycles. The molecule has 0 aliphatic carbocycles. The van der Waals surface area contributed by atoms with Crippen LogP contribution in [0.5, 0.6) is 0 Å². The summed E-state index contributed by atoms with van der Waals surface area (Å²) >= 11 is 3.45. The van der Waals surface area contributed by atoms with Crippen molar-refractivity contribution in [3.05, 3.63) is 28.2 Å². The van der Waals surface area contributed by atoms with Gasteiger partial charge >= 0.3 is 5.97 Å². The van der Waals surface area contributed by atoms with Crippen molar-refractivity contribution >= 4 is 33.5 Å². The highest BCUT2D eigenvalue weighted by Crippen LogP contribution is 2.39. The number of carbonyl (C=O) groups is 2. The van der Waals surface area contributed by atoms with Crippen molar-refractivity contribution < 1.29 is 14.3 Å². The van der Waals surface area contributed by atoms with E-state index in [0.717, 1.165) is 22.1 Å². The fourth-order valence-corrected chi connectivity index (χ4v) is 2.78. The molecule has 0 saturated carbocycles. The Balaban J connectivity index is 2.17. The third-order valence-corrected chi connectivity index (χ3v) is 3.77. The highest BCUT2D eigenvalue weighted by Gasteiger charge is 2.30. The van der Waals surface area contributed by atoms with Crippen LogP contribution in [0.15, 0.2) is 22.7 Å². The van der Waals surface area contributed by atoms with Crippen LogP contribution < -0.4 is 4.90 Å². The number of amides is 1. The monoisotopic (exact) mass is 325 g/mol. The third kappa shape index (κ3) is 3.15. The SMILES string of the molecule is CC(=O)OCCC1CN(C(C)=O)c2ccc(Br)cc21. The van der Waals surface area contributed by atoms with Gasteiger partial charge in [0.2, 0.25) is 5.91 Å². The summed E-state index contributed by atoms with van der Waals surface area (Å²) in [5.74, 6) is -0.00908. The summed E-state index contributed by atoms with van der Waals surface area (Å²) in [6.07, 6.45) is 0.729. The largest absolute Gasteiger partial charge is 0.466 e. The third-order valence-electron chi connectivity index (χ3n) is 3.27. The second-order valence-electron chi connectivity index (χ2n) is 4.66. The van der Waals surface area contributed by atoms with Crippen LogP contribution in [0.3, 0.4) is 0 Å². The minimum absolute atomic E-state index is 0.0403. The number of carbonyl (C=O) groups excluding carboxylic acids is 2. The van der Waals surface area contributed by atoms with E-state index >= 15 is 0 Å². The van der Waals surface area contributed by atoms with Gasteiger partial charge in [-0.15, -0.1) is 0 Å². The van der Waals surface area contributed by atoms with Crippen molar-refractivity contribution in [2.75, 3.05) is 18.1 Å². The number of hydrogen-bond donors (Lipinski definition) is 0. The van der Waals surface area contributed by atoms with E-state index in [2.05, 4.69) is 15.9 Å². The smallest absolute Gasteiger partial charge is 0.302 e. The van der Waals surface area contributed by atoms with Gasteiger partial charge in [-0.25, -0.2) is 0 Å². The second-order valence-corrected chi connectivity index (χ2v) is 5.57. The van der Waals surface area contributed by atoms with E-state index in [1.807, 2.05) is 18.2 Å². The van der Waals surface area contributed by atoms with Crippen molar-refractivity contribution in [2.45, 2.75) is 26.2 Å². The molecule has 0 N–H and O–H groups in total. The summed E-state index contributed by atoms with van der Waals surface area (Å²) in [4.78, 5) is 24.2. The average molecular weight is 326 g/mol. The summed E-state index contributed by atoms with van der Waals surface area (Å²) in [5, 5.41) is 0. The van der Waals surface area contributed by atoms with E-state index in [1.165, 1.54) is 6.92 Å². The first-order chi connectivity index (χ1) is 8.99. The Labute approximate surface area is 120 Å². The predicted octanol–water partition coefficient (Wildman–Crippen LogP) is 2.85. The topological polar surface area (TPSA) is 46.6 Å². The fraction of sp³-hybridized carbons (Fsp3) is 0.429. The molecule has 0 radical (unpaired) electrons. The van der Waals surface area contributed by atoms with Gasteiger partial charge in [-0.2, -0.15) is 0 Å². The molecule has 19 heavy (non-hydrogen) atoms. The number of esters is 1. The first-order valence-electron chi connectivity index (χ1n) is 6.20. The van der Waals surface area contributed by atoms with Gasteiger partial charge in [0.25, 0.3) is 0 Å². The summed E-state index contributed by atoms with van der Waals surface area (Å²) in [5.41, 5.74) is 2.10. The van der Waals surface area contributed by atoms with Crippen LogP contribution >= 0.6 is 15.9 Å². The van der Waals surface area contributed by atoms with Crippen LogP contribution in [0.4, 0.5) is 5.69 Å². The van der Waals surface area contributed by atoms with Crippen molar-refractivity contribution in [2.24, 2.45) is 0 Å². The lowest BCUT2D eigenvalue weighted by Crippen LogP contribution is -2.27. The first-order valence-corrected chi connectivity index (χ1v) is 6.99. The Kier molecular flexibility index (Phi) is 4.24. The summed E-state index contributed by atoms with van der Waals surface area (Å²) in [6, 6.07) is 5.92. The van der Waals surface area contributed by atoms with E-state index in [9.17, 15) is 9.59 Å². The van der Waals surface area contributed by atoms with Crippen LogP contribution in [0.1, 0.15) is 31.7 Å². The number of rotatable bonds is 3. The van der Waals surface area contributed by atoms with Crippen LogP contribution in [-0.2, 0) is 14.3 Å². The van der Waals surface area contributed by atoms with Gasteiger partial charge in [-0.3, -0.25) is 9.59 Å². The number of halogens is 1. The number of fused-ring (bicyclic) bond motifs is 1. The molecule has 4 nitrogen and oxygen atoms in total. The molecule has 0 spiro atoms. The Hall–Kier alpha value is -1.36. The number of nitrogens with zero attached hydrogens (tertiary/aromatic N) is 1. The molecule has 0 saturated heterocycles. The second kappa shape index (κ2) is 5.74. The summed E-state index contributed by atoms with van der Waals surface area (Å²) < 4.78 is 5.99. The zero-order chi connectivity index (χ0) is 14.0. The van der Waals surface area contributed by atoms with Gasteiger partial charge in [-0.05, 0) is 30.2 Å². The quantitative estimate of drug-likeness (QED) is 0.803. The molecule has 5 heteroatoms. The van der Waals surface area contributed by atoms with E-state index in [-0.39, 0.29) is 17.8 Å². The molecule has 1 aromatic carbocycles. The van der Waals surface area contributed by atoms with Crippen LogP contribution in [0.2, 0.25) is 0 Å². The van der Waals surface area contributed by atoms with Gasteiger partial charge in [0.15, 0.2) is 0 Å². The van der Waals surface area contributed by atoms with Crippen molar-refractivity contribution in [1.29, 1.82) is 0 Å². The number of hydrogen-bond acceptors (Lipinski definition) is 3. The molecule has 1 unspecified atom stereocenters. The summed E-state index contributed by atoms with van der Waals surface area (Å²) in [6.45, 7) is 4.02. The maximum Gasteiger partial charge on any atom is 0.302 e. The molecule has 1 atom stereocenters. The lowest BCUT2D eigenvalue weighted by atomic mass is 9.98. The Morgan fingerprint density at radius 2 is 2.16 bits per heavy atom. The highest BCUT2D eigenvalue weighted by molar-refractivity contribution is 9.10. The molecule has 102 valence electrons. The molecule has 0 bridgehead atoms. The van der Waals surface area contributed by atoms with Crippen LogP contribution in [0, 0.1) is 0 Å². The maximum atomic E-state index is 11.7. The van der Waals surface area contributed by atoms with Gasteiger partial charge in [0.05, 0.1) is 6.61 Å². The minimum atomic E-state index is -0.268. The molecule has 2 rings (SSSR count). The Morgan fingerprint density at radius 3 is 2.79 bits per heavy atom. The van der Waals surface area contributed by atoms with Gasteiger partial charge < -0.3 is 9.64 Å². The van der Waals surface area contributed by atoms with Crippen molar-refractivity contribution in [3.8, 4) is 0 Å².